The normalized spacial score (nSPS) is 15.2. The lowest BCUT2D eigenvalue weighted by Crippen LogP contribution is -2.30. The number of hydrogen-bond donors (Lipinski definition) is 2. The fourth-order valence-corrected chi connectivity index (χ4v) is 2.12. The minimum Gasteiger partial charge on any atom is -0.368 e. The van der Waals surface area contributed by atoms with Crippen LogP contribution in [0.1, 0.15) is 18.9 Å². The van der Waals surface area contributed by atoms with E-state index in [1.165, 1.54) is 5.56 Å². The Bertz CT molecular complexity index is 417. The van der Waals surface area contributed by atoms with E-state index < -0.39 is 0 Å². The second kappa shape index (κ2) is 5.19. The van der Waals surface area contributed by atoms with E-state index in [0.29, 0.717) is 13.0 Å². The first kappa shape index (κ1) is 11.9. The Morgan fingerprint density at radius 3 is 3.00 bits per heavy atom. The van der Waals surface area contributed by atoms with Crippen LogP contribution in [0.5, 0.6) is 0 Å². The number of hydrogen-bond acceptors (Lipinski definition) is 3. The molecule has 0 aliphatic carbocycles. The van der Waals surface area contributed by atoms with E-state index in [4.69, 9.17) is 5.73 Å². The van der Waals surface area contributed by atoms with Gasteiger partial charge in [0.05, 0.1) is 11.4 Å². The van der Waals surface area contributed by atoms with E-state index in [0.717, 1.165) is 30.9 Å². The summed E-state index contributed by atoms with van der Waals surface area (Å²) in [5.41, 5.74) is 8.90. The first-order valence-electron chi connectivity index (χ1n) is 6.12. The van der Waals surface area contributed by atoms with Crippen molar-refractivity contribution in [2.75, 3.05) is 29.9 Å². The molecule has 0 saturated heterocycles. The van der Waals surface area contributed by atoms with E-state index in [9.17, 15) is 4.79 Å². The van der Waals surface area contributed by atoms with Crippen molar-refractivity contribution in [1.82, 2.24) is 0 Å². The van der Waals surface area contributed by atoms with Crippen LogP contribution in [0, 0.1) is 0 Å². The lowest BCUT2D eigenvalue weighted by Gasteiger charge is -2.24. The average Bonchev–Trinajstić information content (AvgIpc) is 2.49. The number of anilines is 2. The van der Waals surface area contributed by atoms with Crippen LogP contribution in [0.3, 0.4) is 0 Å². The second-order valence-electron chi connectivity index (χ2n) is 4.28. The molecular formula is C13H19N3O. The minimum absolute atomic E-state index is 0.0787. The number of nitrogens with two attached hydrogens (primary N) is 1. The van der Waals surface area contributed by atoms with Crippen molar-refractivity contribution in [2.45, 2.75) is 19.8 Å². The number of aryl methyl sites for hydroxylation is 1. The molecule has 4 nitrogen and oxygen atoms in total. The van der Waals surface area contributed by atoms with Crippen molar-refractivity contribution in [2.24, 2.45) is 5.73 Å². The van der Waals surface area contributed by atoms with Crippen LogP contribution in [-0.4, -0.2) is 25.5 Å². The summed E-state index contributed by atoms with van der Waals surface area (Å²) in [7, 11) is 0. The number of nitrogens with zero attached hydrogens (tertiary/aromatic N) is 1. The molecule has 1 aromatic rings. The molecule has 92 valence electrons. The van der Waals surface area contributed by atoms with Crippen LogP contribution in [0.2, 0.25) is 0 Å². The number of carbonyl (C=O) groups excluding carboxylic acids is 1. The summed E-state index contributed by atoms with van der Waals surface area (Å²) >= 11 is 0. The van der Waals surface area contributed by atoms with Gasteiger partial charge in [-0.1, -0.05) is 13.0 Å². The van der Waals surface area contributed by atoms with Crippen LogP contribution in [0.4, 0.5) is 11.4 Å². The highest BCUT2D eigenvalue weighted by Crippen LogP contribution is 2.29. The molecule has 0 spiro atoms. The van der Waals surface area contributed by atoms with Gasteiger partial charge >= 0.3 is 0 Å². The molecule has 0 aromatic heterocycles. The van der Waals surface area contributed by atoms with Crippen molar-refractivity contribution in [3.63, 3.8) is 0 Å². The van der Waals surface area contributed by atoms with Gasteiger partial charge in [0.25, 0.3) is 0 Å². The van der Waals surface area contributed by atoms with Gasteiger partial charge in [0.15, 0.2) is 0 Å². The summed E-state index contributed by atoms with van der Waals surface area (Å²) in [6, 6.07) is 6.20. The summed E-state index contributed by atoms with van der Waals surface area (Å²) in [5, 5.41) is 2.94. The molecule has 1 aromatic carbocycles. The highest BCUT2D eigenvalue weighted by molar-refractivity contribution is 5.96. The number of fused-ring (bicyclic) bond motifs is 1. The molecular weight excluding hydrogens is 214 g/mol. The Morgan fingerprint density at radius 1 is 1.47 bits per heavy atom. The summed E-state index contributed by atoms with van der Waals surface area (Å²) in [4.78, 5) is 13.8. The predicted octanol–water partition coefficient (Wildman–Crippen LogP) is 1.36. The Morgan fingerprint density at radius 2 is 2.29 bits per heavy atom. The average molecular weight is 233 g/mol. The predicted molar refractivity (Wildman–Crippen MR) is 70.3 cm³/mol. The molecule has 4 heteroatoms. The number of benzene rings is 1. The van der Waals surface area contributed by atoms with E-state index in [1.807, 2.05) is 6.07 Å². The van der Waals surface area contributed by atoms with E-state index >= 15 is 0 Å². The third-order valence-electron chi connectivity index (χ3n) is 3.09. The number of amides is 1. The SMILES string of the molecule is CCc1ccc2c(c1)N(CCN)CCC(=O)N2. The van der Waals surface area contributed by atoms with E-state index in [-0.39, 0.29) is 5.91 Å². The molecule has 1 aliphatic rings. The summed E-state index contributed by atoms with van der Waals surface area (Å²) in [6.45, 7) is 4.26. The molecule has 2 rings (SSSR count). The molecule has 1 heterocycles. The van der Waals surface area contributed by atoms with Gasteiger partial charge < -0.3 is 16.0 Å². The fraction of sp³-hybridized carbons (Fsp3) is 0.462. The smallest absolute Gasteiger partial charge is 0.226 e. The molecule has 0 unspecified atom stereocenters. The van der Waals surface area contributed by atoms with Crippen LogP contribution < -0.4 is 16.0 Å². The van der Waals surface area contributed by atoms with Crippen LogP contribution in [0.25, 0.3) is 0 Å². The molecule has 0 atom stereocenters. The van der Waals surface area contributed by atoms with Gasteiger partial charge in [-0.3, -0.25) is 4.79 Å². The summed E-state index contributed by atoms with van der Waals surface area (Å²) in [5.74, 6) is 0.0787. The fourth-order valence-electron chi connectivity index (χ4n) is 2.12. The van der Waals surface area contributed by atoms with Crippen LogP contribution in [-0.2, 0) is 11.2 Å². The maximum absolute atomic E-state index is 11.6. The van der Waals surface area contributed by atoms with Crippen LogP contribution >= 0.6 is 0 Å². The summed E-state index contributed by atoms with van der Waals surface area (Å²) in [6.07, 6.45) is 1.52. The van der Waals surface area contributed by atoms with Crippen molar-refractivity contribution in [3.8, 4) is 0 Å². The Balaban J connectivity index is 2.38. The molecule has 0 bridgehead atoms. The Kier molecular flexibility index (Phi) is 3.64. The zero-order chi connectivity index (χ0) is 12.3. The molecule has 0 radical (unpaired) electrons. The van der Waals surface area contributed by atoms with Gasteiger partial charge in [-0.2, -0.15) is 0 Å². The molecule has 1 aliphatic heterocycles. The second-order valence-corrected chi connectivity index (χ2v) is 4.28. The Hall–Kier alpha value is -1.55. The lowest BCUT2D eigenvalue weighted by molar-refractivity contribution is -0.115. The number of rotatable bonds is 3. The quantitative estimate of drug-likeness (QED) is 0.828. The zero-order valence-electron chi connectivity index (χ0n) is 10.2. The van der Waals surface area contributed by atoms with Crippen molar-refractivity contribution in [3.05, 3.63) is 23.8 Å². The van der Waals surface area contributed by atoms with Crippen molar-refractivity contribution < 1.29 is 4.79 Å². The topological polar surface area (TPSA) is 58.4 Å². The Labute approximate surface area is 102 Å². The number of carbonyl (C=O) groups is 1. The largest absolute Gasteiger partial charge is 0.368 e. The first-order valence-corrected chi connectivity index (χ1v) is 6.12. The molecule has 1 amide bonds. The monoisotopic (exact) mass is 233 g/mol. The molecule has 0 saturated carbocycles. The highest BCUT2D eigenvalue weighted by Gasteiger charge is 2.18. The van der Waals surface area contributed by atoms with Crippen molar-refractivity contribution in [1.29, 1.82) is 0 Å². The lowest BCUT2D eigenvalue weighted by atomic mass is 10.1. The number of nitrogens with one attached hydrogen (secondary N) is 1. The molecule has 3 N–H and O–H groups in total. The van der Waals surface area contributed by atoms with E-state index in [2.05, 4.69) is 29.3 Å². The minimum atomic E-state index is 0.0787. The van der Waals surface area contributed by atoms with Gasteiger partial charge in [-0.25, -0.2) is 0 Å². The highest BCUT2D eigenvalue weighted by atomic mass is 16.1. The summed E-state index contributed by atoms with van der Waals surface area (Å²) < 4.78 is 0. The standard InChI is InChI=1S/C13H19N3O/c1-2-10-3-4-11-12(9-10)16(8-6-14)7-5-13(17)15-11/h3-4,9H,2,5-8,14H2,1H3,(H,15,17). The third-order valence-corrected chi connectivity index (χ3v) is 3.09. The van der Waals surface area contributed by atoms with Gasteiger partial charge in [0.2, 0.25) is 5.91 Å². The van der Waals surface area contributed by atoms with Gasteiger partial charge in [-0.05, 0) is 24.1 Å². The van der Waals surface area contributed by atoms with Crippen LogP contribution in [0.15, 0.2) is 18.2 Å². The maximum atomic E-state index is 11.6. The third kappa shape index (κ3) is 2.58. The maximum Gasteiger partial charge on any atom is 0.226 e. The molecule has 0 fully saturated rings. The first-order chi connectivity index (χ1) is 8.24. The van der Waals surface area contributed by atoms with Gasteiger partial charge in [0.1, 0.15) is 0 Å². The van der Waals surface area contributed by atoms with Crippen molar-refractivity contribution >= 4 is 17.3 Å². The van der Waals surface area contributed by atoms with E-state index in [1.54, 1.807) is 0 Å². The zero-order valence-corrected chi connectivity index (χ0v) is 10.2. The van der Waals surface area contributed by atoms with Gasteiger partial charge in [-0.15, -0.1) is 0 Å². The van der Waals surface area contributed by atoms with Gasteiger partial charge in [0, 0.05) is 26.1 Å². The molecule has 17 heavy (non-hydrogen) atoms.